The van der Waals surface area contributed by atoms with Gasteiger partial charge in [-0.05, 0) is 44.1 Å². The van der Waals surface area contributed by atoms with Gasteiger partial charge in [0.2, 0.25) is 5.95 Å². The van der Waals surface area contributed by atoms with E-state index in [2.05, 4.69) is 65.8 Å². The molecule has 5 N–H and O–H groups in total. The molecule has 0 bridgehead atoms. The molecule has 1 aliphatic carbocycles. The number of aromatic amines is 1. The van der Waals surface area contributed by atoms with Gasteiger partial charge in [0.25, 0.3) is 0 Å². The minimum Gasteiger partial charge on any atom is -0.367 e. The Kier molecular flexibility index (Phi) is 5.99. The first kappa shape index (κ1) is 20.2. The van der Waals surface area contributed by atoms with Gasteiger partial charge >= 0.3 is 0 Å². The zero-order valence-corrected chi connectivity index (χ0v) is 17.9. The van der Waals surface area contributed by atoms with Crippen molar-refractivity contribution < 1.29 is 0 Å². The fourth-order valence-corrected chi connectivity index (χ4v) is 4.74. The number of anilines is 2. The smallest absolute Gasteiger partial charge is 0.204 e. The Labute approximate surface area is 183 Å². The summed E-state index contributed by atoms with van der Waals surface area (Å²) in [4.78, 5) is 19.4. The van der Waals surface area contributed by atoms with Gasteiger partial charge in [-0.1, -0.05) is 30.3 Å². The topological polar surface area (TPSA) is 108 Å². The van der Waals surface area contributed by atoms with Gasteiger partial charge in [-0.2, -0.15) is 4.98 Å². The van der Waals surface area contributed by atoms with Gasteiger partial charge in [0.1, 0.15) is 17.8 Å². The number of hydrogen-bond acceptors (Lipinski definition) is 7. The largest absolute Gasteiger partial charge is 0.367 e. The summed E-state index contributed by atoms with van der Waals surface area (Å²) in [5.41, 5.74) is 8.24. The number of aromatic nitrogens is 4. The number of hydrogen-bond donors (Lipinski definition) is 4. The lowest BCUT2D eigenvalue weighted by molar-refractivity contribution is 0.211. The first-order valence-corrected chi connectivity index (χ1v) is 11.5. The monoisotopic (exact) mass is 420 g/mol. The van der Waals surface area contributed by atoms with Gasteiger partial charge in [-0.15, -0.1) is 0 Å². The number of nitrogens with one attached hydrogen (secondary N) is 3. The average molecular weight is 421 g/mol. The lowest BCUT2D eigenvalue weighted by Crippen LogP contribution is -2.39. The summed E-state index contributed by atoms with van der Waals surface area (Å²) in [5, 5.41) is 7.25. The van der Waals surface area contributed by atoms with Crippen LogP contribution >= 0.6 is 0 Å². The van der Waals surface area contributed by atoms with Crippen molar-refractivity contribution in [2.75, 3.05) is 23.7 Å². The van der Waals surface area contributed by atoms with E-state index in [1.165, 1.54) is 5.56 Å². The Morgan fingerprint density at radius 1 is 0.935 bits per heavy atom. The number of likely N-dealkylation sites (tertiary alicyclic amines) is 1. The normalized spacial score (nSPS) is 23.1. The second-order valence-corrected chi connectivity index (χ2v) is 8.94. The standard InChI is InChI=1S/C23H32N8/c24-17-6-8-18(9-7-17)28-23-29-21-20(25-15-26-21)22(30-23)27-19-10-12-31(13-11-19)14-16-4-2-1-3-5-16/h1-5,15,17-19H,6-14,24H2,(H3,25,26,27,28,29,30)/t17-,18-. The molecule has 1 saturated carbocycles. The van der Waals surface area contributed by atoms with E-state index in [-0.39, 0.29) is 0 Å². The summed E-state index contributed by atoms with van der Waals surface area (Å²) in [6.45, 7) is 3.19. The lowest BCUT2D eigenvalue weighted by Gasteiger charge is -2.33. The maximum atomic E-state index is 6.05. The zero-order valence-electron chi connectivity index (χ0n) is 17.9. The number of rotatable bonds is 6. The van der Waals surface area contributed by atoms with Crippen LogP contribution in [0.3, 0.4) is 0 Å². The summed E-state index contributed by atoms with van der Waals surface area (Å²) < 4.78 is 0. The molecule has 0 radical (unpaired) electrons. The molecule has 2 fully saturated rings. The molecule has 5 rings (SSSR count). The second-order valence-electron chi connectivity index (χ2n) is 8.94. The molecule has 4 aliphatic rings. The van der Waals surface area contributed by atoms with E-state index >= 15 is 0 Å². The maximum absolute atomic E-state index is 6.05. The second kappa shape index (κ2) is 9.20. The van der Waals surface area contributed by atoms with Gasteiger partial charge in [-0.25, -0.2) is 9.97 Å². The fourth-order valence-electron chi connectivity index (χ4n) is 4.74. The number of benzene rings is 1. The van der Waals surface area contributed by atoms with E-state index in [4.69, 9.17) is 5.73 Å². The van der Waals surface area contributed by atoms with Crippen molar-refractivity contribution in [1.29, 1.82) is 0 Å². The van der Waals surface area contributed by atoms with Gasteiger partial charge in [0.15, 0.2) is 5.82 Å². The van der Waals surface area contributed by atoms with Crippen LogP contribution in [-0.2, 0) is 6.54 Å². The number of piperidine rings is 1. The van der Waals surface area contributed by atoms with Crippen LogP contribution in [-0.4, -0.2) is 56.1 Å². The molecule has 0 spiro atoms. The van der Waals surface area contributed by atoms with Crippen molar-refractivity contribution in [3.8, 4) is 11.5 Å². The molecule has 3 aliphatic heterocycles. The van der Waals surface area contributed by atoms with Crippen LogP contribution in [0.2, 0.25) is 0 Å². The Hall–Kier alpha value is -2.71. The molecule has 1 saturated heterocycles. The minimum atomic E-state index is 0.336. The van der Waals surface area contributed by atoms with E-state index in [1.54, 1.807) is 6.33 Å². The third-order valence-corrected chi connectivity index (χ3v) is 6.57. The molecule has 0 amide bonds. The van der Waals surface area contributed by atoms with Gasteiger partial charge < -0.3 is 21.4 Å². The van der Waals surface area contributed by atoms with Crippen LogP contribution in [0.25, 0.3) is 11.5 Å². The predicted octanol–water partition coefficient (Wildman–Crippen LogP) is 3.06. The summed E-state index contributed by atoms with van der Waals surface area (Å²) in [6.07, 6.45) is 8.05. The number of fused-ring (bicyclic) bond motifs is 1. The molecule has 0 atom stereocenters. The quantitative estimate of drug-likeness (QED) is 0.485. The van der Waals surface area contributed by atoms with E-state index in [0.717, 1.165) is 75.6 Å². The molecule has 0 aromatic heterocycles. The molecule has 0 unspecified atom stereocenters. The van der Waals surface area contributed by atoms with Crippen LogP contribution in [0, 0.1) is 0 Å². The van der Waals surface area contributed by atoms with Gasteiger partial charge in [-0.3, -0.25) is 4.90 Å². The molecule has 164 valence electrons. The number of H-pyrrole nitrogens is 1. The lowest BCUT2D eigenvalue weighted by atomic mass is 9.92. The molecule has 3 heterocycles. The Morgan fingerprint density at radius 2 is 1.68 bits per heavy atom. The molecule has 8 heteroatoms. The Balaban J connectivity index is 1.22. The zero-order chi connectivity index (χ0) is 21.0. The van der Waals surface area contributed by atoms with Crippen molar-refractivity contribution in [3.63, 3.8) is 0 Å². The third-order valence-electron chi connectivity index (χ3n) is 6.57. The number of imidazole rings is 1. The van der Waals surface area contributed by atoms with Crippen LogP contribution in [0.15, 0.2) is 36.7 Å². The van der Waals surface area contributed by atoms with E-state index in [1.807, 2.05) is 0 Å². The highest BCUT2D eigenvalue weighted by molar-refractivity contribution is 5.69. The predicted molar refractivity (Wildman–Crippen MR) is 123 cm³/mol. The summed E-state index contributed by atoms with van der Waals surface area (Å²) in [6, 6.07) is 11.9. The van der Waals surface area contributed by atoms with E-state index in [9.17, 15) is 0 Å². The van der Waals surface area contributed by atoms with Gasteiger partial charge in [0, 0.05) is 37.8 Å². The van der Waals surface area contributed by atoms with Crippen molar-refractivity contribution in [2.24, 2.45) is 5.73 Å². The molecule has 1 aromatic rings. The first-order valence-electron chi connectivity index (χ1n) is 11.5. The molecule has 31 heavy (non-hydrogen) atoms. The Bertz CT molecular complexity index is 926. The maximum Gasteiger partial charge on any atom is 0.204 e. The molecule has 1 aromatic carbocycles. The average Bonchev–Trinajstić information content (AvgIpc) is 3.26. The number of nitrogens with zero attached hydrogens (tertiary/aromatic N) is 4. The van der Waals surface area contributed by atoms with Crippen molar-refractivity contribution >= 4 is 11.8 Å². The molecular weight excluding hydrogens is 388 g/mol. The minimum absolute atomic E-state index is 0.336. The van der Waals surface area contributed by atoms with Crippen LogP contribution in [0.4, 0.5) is 11.8 Å². The van der Waals surface area contributed by atoms with Crippen molar-refractivity contribution in [1.82, 2.24) is 24.8 Å². The fraction of sp³-hybridized carbons (Fsp3) is 0.522. The van der Waals surface area contributed by atoms with Crippen LogP contribution < -0.4 is 16.4 Å². The van der Waals surface area contributed by atoms with Gasteiger partial charge in [0.05, 0.1) is 0 Å². The summed E-state index contributed by atoms with van der Waals surface area (Å²) in [7, 11) is 0. The Morgan fingerprint density at radius 3 is 2.45 bits per heavy atom. The van der Waals surface area contributed by atoms with Crippen molar-refractivity contribution in [2.45, 2.75) is 63.2 Å². The summed E-state index contributed by atoms with van der Waals surface area (Å²) >= 11 is 0. The molecule has 8 nitrogen and oxygen atoms in total. The van der Waals surface area contributed by atoms with Crippen LogP contribution in [0.5, 0.6) is 0 Å². The SMILES string of the molecule is N[C@H]1CC[C@H](Nc2nc3ncnc-3c(NC3CCN(Cc4ccccc4)CC3)[nH]2)CC1. The van der Waals surface area contributed by atoms with Crippen LogP contribution in [0.1, 0.15) is 44.1 Å². The first-order chi connectivity index (χ1) is 15.2. The van der Waals surface area contributed by atoms with Crippen molar-refractivity contribution in [3.05, 3.63) is 42.2 Å². The van der Waals surface area contributed by atoms with E-state index < -0.39 is 0 Å². The molecular formula is C23H32N8. The highest BCUT2D eigenvalue weighted by atomic mass is 15.2. The van der Waals surface area contributed by atoms with E-state index in [0.29, 0.717) is 23.9 Å². The number of nitrogens with two attached hydrogens (primary N) is 1. The third kappa shape index (κ3) is 4.97. The summed E-state index contributed by atoms with van der Waals surface area (Å²) in [5.74, 6) is 2.36. The highest BCUT2D eigenvalue weighted by Crippen LogP contribution is 2.28. The highest BCUT2D eigenvalue weighted by Gasteiger charge is 2.24.